The maximum atomic E-state index is 3.86. The first-order valence-electron chi connectivity index (χ1n) is 4.19. The van der Waals surface area contributed by atoms with Crippen LogP contribution in [0.1, 0.15) is 19.8 Å². The molecule has 0 radical (unpaired) electrons. The molecule has 0 amide bonds. The highest BCUT2D eigenvalue weighted by molar-refractivity contribution is 5.12. The third-order valence-electron chi connectivity index (χ3n) is 1.66. The van der Waals surface area contributed by atoms with Crippen molar-refractivity contribution >= 4 is 0 Å². The van der Waals surface area contributed by atoms with E-state index in [2.05, 4.69) is 32.0 Å². The SMILES string of the molecule is C=CC(=C)CN(C)CCCC. The van der Waals surface area contributed by atoms with Crippen LogP contribution in [0.25, 0.3) is 0 Å². The van der Waals surface area contributed by atoms with Gasteiger partial charge >= 0.3 is 0 Å². The number of likely N-dealkylation sites (N-methyl/N-ethyl adjacent to an activating group) is 1. The quantitative estimate of drug-likeness (QED) is 0.530. The third kappa shape index (κ3) is 5.86. The molecule has 0 saturated heterocycles. The molecule has 0 aromatic carbocycles. The largest absolute Gasteiger partial charge is 0.302 e. The van der Waals surface area contributed by atoms with Crippen molar-refractivity contribution in [3.05, 3.63) is 24.8 Å². The van der Waals surface area contributed by atoms with Gasteiger partial charge in [-0.25, -0.2) is 0 Å². The highest BCUT2D eigenvalue weighted by Crippen LogP contribution is 1.97. The molecule has 0 aliphatic heterocycles. The number of hydrogen-bond donors (Lipinski definition) is 0. The normalized spacial score (nSPS) is 10.1. The van der Waals surface area contributed by atoms with Crippen molar-refractivity contribution in [1.29, 1.82) is 0 Å². The standard InChI is InChI=1S/C10H19N/c1-5-7-8-11(4)9-10(3)6-2/h6H,2-3,5,7-9H2,1,4H3. The fourth-order valence-corrected chi connectivity index (χ4v) is 0.918. The number of rotatable bonds is 6. The van der Waals surface area contributed by atoms with Crippen molar-refractivity contribution in [2.24, 2.45) is 0 Å². The van der Waals surface area contributed by atoms with E-state index in [-0.39, 0.29) is 0 Å². The summed E-state index contributed by atoms with van der Waals surface area (Å²) in [6, 6.07) is 0. The molecular weight excluding hydrogens is 134 g/mol. The molecule has 0 bridgehead atoms. The van der Waals surface area contributed by atoms with Gasteiger partial charge in [0.05, 0.1) is 0 Å². The summed E-state index contributed by atoms with van der Waals surface area (Å²) in [5, 5.41) is 0. The Labute approximate surface area is 70.4 Å². The molecule has 0 aromatic heterocycles. The highest BCUT2D eigenvalue weighted by Gasteiger charge is 1.96. The van der Waals surface area contributed by atoms with E-state index in [9.17, 15) is 0 Å². The van der Waals surface area contributed by atoms with Gasteiger partial charge in [-0.3, -0.25) is 0 Å². The van der Waals surface area contributed by atoms with Crippen LogP contribution < -0.4 is 0 Å². The van der Waals surface area contributed by atoms with Crippen molar-refractivity contribution in [3.63, 3.8) is 0 Å². The van der Waals surface area contributed by atoms with Crippen molar-refractivity contribution in [1.82, 2.24) is 4.90 Å². The van der Waals surface area contributed by atoms with E-state index in [1.54, 1.807) is 0 Å². The van der Waals surface area contributed by atoms with E-state index in [0.717, 1.165) is 18.7 Å². The summed E-state index contributed by atoms with van der Waals surface area (Å²) in [6.07, 6.45) is 4.34. The van der Waals surface area contributed by atoms with Crippen LogP contribution in [0.2, 0.25) is 0 Å². The van der Waals surface area contributed by atoms with Gasteiger partial charge in [0.1, 0.15) is 0 Å². The van der Waals surface area contributed by atoms with Crippen LogP contribution in [0.5, 0.6) is 0 Å². The van der Waals surface area contributed by atoms with E-state index >= 15 is 0 Å². The Bertz CT molecular complexity index is 127. The summed E-state index contributed by atoms with van der Waals surface area (Å²) in [5.74, 6) is 0. The van der Waals surface area contributed by atoms with Crippen LogP contribution in [0.4, 0.5) is 0 Å². The zero-order valence-corrected chi connectivity index (χ0v) is 7.77. The second-order valence-corrected chi connectivity index (χ2v) is 2.95. The van der Waals surface area contributed by atoms with E-state index in [1.807, 2.05) is 6.08 Å². The smallest absolute Gasteiger partial charge is 0.0224 e. The first-order chi connectivity index (χ1) is 5.20. The molecular formula is C10H19N. The van der Waals surface area contributed by atoms with Gasteiger partial charge in [0.25, 0.3) is 0 Å². The van der Waals surface area contributed by atoms with Crippen molar-refractivity contribution in [2.45, 2.75) is 19.8 Å². The van der Waals surface area contributed by atoms with Crippen LogP contribution in [0.15, 0.2) is 24.8 Å². The molecule has 1 heteroatoms. The van der Waals surface area contributed by atoms with Gasteiger partial charge in [0.2, 0.25) is 0 Å². The van der Waals surface area contributed by atoms with E-state index < -0.39 is 0 Å². The molecule has 0 aromatic rings. The predicted octanol–water partition coefficient (Wildman–Crippen LogP) is 2.46. The minimum absolute atomic E-state index is 0.948. The summed E-state index contributed by atoms with van der Waals surface area (Å²) >= 11 is 0. The van der Waals surface area contributed by atoms with Gasteiger partial charge in [-0.05, 0) is 25.6 Å². The Morgan fingerprint density at radius 2 is 2.18 bits per heavy atom. The van der Waals surface area contributed by atoms with Crippen LogP contribution in [-0.4, -0.2) is 25.0 Å². The van der Waals surface area contributed by atoms with Gasteiger partial charge in [-0.15, -0.1) is 0 Å². The van der Waals surface area contributed by atoms with Gasteiger partial charge < -0.3 is 4.90 Å². The lowest BCUT2D eigenvalue weighted by molar-refractivity contribution is 0.357. The minimum Gasteiger partial charge on any atom is -0.302 e. The molecule has 0 heterocycles. The maximum absolute atomic E-state index is 3.86. The zero-order chi connectivity index (χ0) is 8.69. The summed E-state index contributed by atoms with van der Waals surface area (Å²) in [6.45, 7) is 11.8. The summed E-state index contributed by atoms with van der Waals surface area (Å²) in [4.78, 5) is 2.27. The lowest BCUT2D eigenvalue weighted by atomic mass is 10.2. The molecule has 0 spiro atoms. The van der Waals surface area contributed by atoms with Crippen LogP contribution >= 0.6 is 0 Å². The molecule has 64 valence electrons. The fourth-order valence-electron chi connectivity index (χ4n) is 0.918. The lowest BCUT2D eigenvalue weighted by Gasteiger charge is -2.15. The Balaban J connectivity index is 3.43. The number of unbranched alkanes of at least 4 members (excludes halogenated alkanes) is 1. The van der Waals surface area contributed by atoms with Gasteiger partial charge in [-0.1, -0.05) is 32.6 Å². The third-order valence-corrected chi connectivity index (χ3v) is 1.66. The molecule has 0 aliphatic carbocycles. The Hall–Kier alpha value is -0.560. The molecule has 0 aliphatic rings. The van der Waals surface area contributed by atoms with Gasteiger partial charge in [-0.2, -0.15) is 0 Å². The Kier molecular flexibility index (Phi) is 5.86. The second-order valence-electron chi connectivity index (χ2n) is 2.95. The molecule has 0 atom stereocenters. The van der Waals surface area contributed by atoms with Gasteiger partial charge in [0, 0.05) is 6.54 Å². The summed E-state index contributed by atoms with van der Waals surface area (Å²) in [7, 11) is 2.12. The van der Waals surface area contributed by atoms with Gasteiger partial charge in [0.15, 0.2) is 0 Å². The average molecular weight is 153 g/mol. The summed E-state index contributed by atoms with van der Waals surface area (Å²) < 4.78 is 0. The predicted molar refractivity (Wildman–Crippen MR) is 51.7 cm³/mol. The Morgan fingerprint density at radius 1 is 1.55 bits per heavy atom. The molecule has 0 saturated carbocycles. The lowest BCUT2D eigenvalue weighted by Crippen LogP contribution is -2.21. The van der Waals surface area contributed by atoms with Crippen LogP contribution in [0.3, 0.4) is 0 Å². The molecule has 11 heavy (non-hydrogen) atoms. The van der Waals surface area contributed by atoms with Crippen LogP contribution in [-0.2, 0) is 0 Å². The molecule has 0 N–H and O–H groups in total. The van der Waals surface area contributed by atoms with E-state index in [0.29, 0.717) is 0 Å². The maximum Gasteiger partial charge on any atom is 0.0224 e. The van der Waals surface area contributed by atoms with Crippen molar-refractivity contribution in [3.8, 4) is 0 Å². The summed E-state index contributed by atoms with van der Waals surface area (Å²) in [5.41, 5.74) is 1.10. The molecule has 0 fully saturated rings. The number of hydrogen-bond acceptors (Lipinski definition) is 1. The first-order valence-corrected chi connectivity index (χ1v) is 4.19. The second kappa shape index (κ2) is 6.17. The van der Waals surface area contributed by atoms with Crippen molar-refractivity contribution < 1.29 is 0 Å². The molecule has 1 nitrogen and oxygen atoms in total. The van der Waals surface area contributed by atoms with Crippen LogP contribution in [0, 0.1) is 0 Å². The highest BCUT2D eigenvalue weighted by atomic mass is 15.1. The average Bonchev–Trinajstić information content (AvgIpc) is 2.00. The number of nitrogens with zero attached hydrogens (tertiary/aromatic N) is 1. The Morgan fingerprint density at radius 3 is 2.64 bits per heavy atom. The topological polar surface area (TPSA) is 3.24 Å². The fraction of sp³-hybridized carbons (Fsp3) is 0.600. The van der Waals surface area contributed by atoms with E-state index in [1.165, 1.54) is 12.8 Å². The first kappa shape index (κ1) is 10.4. The monoisotopic (exact) mass is 153 g/mol. The zero-order valence-electron chi connectivity index (χ0n) is 7.77. The molecule has 0 rings (SSSR count). The van der Waals surface area contributed by atoms with E-state index in [4.69, 9.17) is 0 Å². The minimum atomic E-state index is 0.948. The van der Waals surface area contributed by atoms with Crippen molar-refractivity contribution in [2.75, 3.05) is 20.1 Å². The molecule has 0 unspecified atom stereocenters.